The molecule has 0 bridgehead atoms. The Kier molecular flexibility index (Phi) is 7.36. The Morgan fingerprint density at radius 1 is 0.793 bits per heavy atom. The van der Waals surface area contributed by atoms with Crippen molar-refractivity contribution in [3.05, 3.63) is 52.9 Å². The van der Waals surface area contributed by atoms with E-state index in [1.807, 2.05) is 13.0 Å². The van der Waals surface area contributed by atoms with Gasteiger partial charge >= 0.3 is 0 Å². The fraction of sp³-hybridized carbons (Fsp3) is 0.435. The molecule has 0 N–H and O–H groups in total. The van der Waals surface area contributed by atoms with Gasteiger partial charge in [-0.25, -0.2) is 4.98 Å². The van der Waals surface area contributed by atoms with E-state index < -0.39 is 0 Å². The van der Waals surface area contributed by atoms with Gasteiger partial charge in [0, 0.05) is 17.0 Å². The molecule has 0 aliphatic rings. The smallest absolute Gasteiger partial charge is 0.174 e. The van der Waals surface area contributed by atoms with E-state index in [9.17, 15) is 0 Å². The largest absolute Gasteiger partial charge is 0.326 e. The fourth-order valence-corrected chi connectivity index (χ4v) is 4.38. The van der Waals surface area contributed by atoms with Gasteiger partial charge in [-0.15, -0.1) is 21.5 Å². The second-order valence-corrected chi connectivity index (χ2v) is 8.84. The highest BCUT2D eigenvalue weighted by molar-refractivity contribution is 7.15. The van der Waals surface area contributed by atoms with Gasteiger partial charge in [0.05, 0.1) is 15.9 Å². The van der Waals surface area contributed by atoms with Gasteiger partial charge in [-0.05, 0) is 72.7 Å². The Labute approximate surface area is 178 Å². The summed E-state index contributed by atoms with van der Waals surface area (Å²) in [5.74, 6) is 3.06. The van der Waals surface area contributed by atoms with Crippen molar-refractivity contribution in [2.45, 2.75) is 68.0 Å². The predicted molar refractivity (Wildman–Crippen MR) is 125 cm³/mol. The minimum absolute atomic E-state index is 0. The number of para-hydroxylation sites is 2. The summed E-state index contributed by atoms with van der Waals surface area (Å²) in [6, 6.07) is 13.4. The zero-order chi connectivity index (χ0) is 20.4. The Morgan fingerprint density at radius 2 is 1.45 bits per heavy atom. The van der Waals surface area contributed by atoms with Crippen molar-refractivity contribution in [3.8, 4) is 10.7 Å². The quantitative estimate of drug-likeness (QED) is 0.374. The molecule has 4 rings (SSSR count). The number of aromatic nitrogens is 5. The second kappa shape index (κ2) is 9.35. The highest BCUT2D eigenvalue weighted by atomic mass is 32.1. The molecular weight excluding hydrogens is 378 g/mol. The Morgan fingerprint density at radius 3 is 2.03 bits per heavy atom. The van der Waals surface area contributed by atoms with Gasteiger partial charge in [-0.3, -0.25) is 0 Å². The molecule has 1 aromatic carbocycles. The maximum absolute atomic E-state index is 4.50. The van der Waals surface area contributed by atoms with Gasteiger partial charge < -0.3 is 9.13 Å². The number of rotatable bonds is 3. The third-order valence-electron chi connectivity index (χ3n) is 4.63. The van der Waals surface area contributed by atoms with E-state index in [0.29, 0.717) is 12.1 Å². The molecule has 0 fully saturated rings. The van der Waals surface area contributed by atoms with E-state index in [2.05, 4.69) is 96.2 Å². The molecule has 0 saturated carbocycles. The molecule has 0 atom stereocenters. The van der Waals surface area contributed by atoms with E-state index in [1.165, 1.54) is 15.3 Å². The van der Waals surface area contributed by atoms with E-state index in [1.54, 1.807) is 11.3 Å². The van der Waals surface area contributed by atoms with Crippen LogP contribution in [0.3, 0.4) is 0 Å². The maximum atomic E-state index is 4.50. The molecule has 0 saturated heterocycles. The lowest BCUT2D eigenvalue weighted by atomic mass is 10.3. The first kappa shape index (κ1) is 22.8. The zero-order valence-corrected chi connectivity index (χ0v) is 18.6. The Hall–Kier alpha value is -2.47. The molecule has 5 nitrogen and oxygen atoms in total. The summed E-state index contributed by atoms with van der Waals surface area (Å²) < 4.78 is 4.43. The van der Waals surface area contributed by atoms with Crippen molar-refractivity contribution in [1.29, 1.82) is 0 Å². The number of fused-ring (bicyclic) bond motifs is 1. The summed E-state index contributed by atoms with van der Waals surface area (Å²) in [5.41, 5.74) is 2.32. The van der Waals surface area contributed by atoms with Crippen molar-refractivity contribution in [1.82, 2.24) is 24.3 Å². The van der Waals surface area contributed by atoms with E-state index in [4.69, 9.17) is 0 Å². The topological polar surface area (TPSA) is 48.5 Å². The standard InChI is InChI=1S/C11H15N3S.C11H14N2.CH4/c1-7(2)14-9(4)12-13-11(14)10-6-5-8(3)15-10;1-8(2)13-9(3)12-10-6-4-5-7-11(10)13;/h5-7H,1-4H3;4-8H,1-3H3;1H4. The molecule has 29 heavy (non-hydrogen) atoms. The van der Waals surface area contributed by atoms with Crippen molar-refractivity contribution in [2.75, 3.05) is 0 Å². The van der Waals surface area contributed by atoms with Crippen LogP contribution < -0.4 is 0 Å². The normalized spacial score (nSPS) is 10.9. The van der Waals surface area contributed by atoms with Crippen molar-refractivity contribution < 1.29 is 0 Å². The summed E-state index contributed by atoms with van der Waals surface area (Å²) in [7, 11) is 0. The summed E-state index contributed by atoms with van der Waals surface area (Å²) in [4.78, 5) is 7.00. The number of hydrogen-bond donors (Lipinski definition) is 0. The van der Waals surface area contributed by atoms with Crippen LogP contribution in [0.15, 0.2) is 36.4 Å². The molecule has 0 spiro atoms. The van der Waals surface area contributed by atoms with Gasteiger partial charge in [0.25, 0.3) is 0 Å². The molecule has 0 unspecified atom stereocenters. The van der Waals surface area contributed by atoms with Crippen molar-refractivity contribution >= 4 is 22.4 Å². The van der Waals surface area contributed by atoms with Crippen LogP contribution in [0.5, 0.6) is 0 Å². The lowest BCUT2D eigenvalue weighted by Gasteiger charge is -2.10. The number of aryl methyl sites for hydroxylation is 3. The molecule has 6 heteroatoms. The third kappa shape index (κ3) is 4.75. The molecular formula is C23H33N5S. The number of hydrogen-bond acceptors (Lipinski definition) is 4. The fourth-order valence-electron chi connectivity index (χ4n) is 3.53. The minimum Gasteiger partial charge on any atom is -0.326 e. The second-order valence-electron chi connectivity index (χ2n) is 7.56. The monoisotopic (exact) mass is 411 g/mol. The average Bonchev–Trinajstić information content (AvgIpc) is 3.30. The van der Waals surface area contributed by atoms with E-state index in [-0.39, 0.29) is 7.43 Å². The van der Waals surface area contributed by atoms with Gasteiger partial charge in [0.2, 0.25) is 0 Å². The van der Waals surface area contributed by atoms with Crippen molar-refractivity contribution in [2.24, 2.45) is 0 Å². The highest BCUT2D eigenvalue weighted by Gasteiger charge is 2.14. The molecule has 0 amide bonds. The first-order valence-electron chi connectivity index (χ1n) is 9.71. The van der Waals surface area contributed by atoms with Gasteiger partial charge in [0.15, 0.2) is 5.82 Å². The minimum atomic E-state index is 0. The van der Waals surface area contributed by atoms with Crippen LogP contribution >= 0.6 is 11.3 Å². The number of nitrogens with zero attached hydrogens (tertiary/aromatic N) is 5. The van der Waals surface area contributed by atoms with E-state index in [0.717, 1.165) is 23.0 Å². The van der Waals surface area contributed by atoms with Gasteiger partial charge in [0.1, 0.15) is 11.6 Å². The molecule has 4 aromatic rings. The molecule has 3 heterocycles. The summed E-state index contributed by atoms with van der Waals surface area (Å²) in [6.07, 6.45) is 0. The predicted octanol–water partition coefficient (Wildman–Crippen LogP) is 6.77. The van der Waals surface area contributed by atoms with Crippen molar-refractivity contribution in [3.63, 3.8) is 0 Å². The Balaban J connectivity index is 0.000000202. The van der Waals surface area contributed by atoms with Crippen LogP contribution in [-0.4, -0.2) is 24.3 Å². The number of benzene rings is 1. The zero-order valence-electron chi connectivity index (χ0n) is 17.8. The molecule has 156 valence electrons. The van der Waals surface area contributed by atoms with Crippen LogP contribution in [-0.2, 0) is 0 Å². The third-order valence-corrected chi connectivity index (χ3v) is 5.63. The summed E-state index contributed by atoms with van der Waals surface area (Å²) in [6.45, 7) is 14.8. The maximum Gasteiger partial charge on any atom is 0.174 e. The molecule has 0 aliphatic carbocycles. The van der Waals surface area contributed by atoms with Crippen LogP contribution in [0.4, 0.5) is 0 Å². The molecule has 0 aliphatic heterocycles. The lowest BCUT2D eigenvalue weighted by molar-refractivity contribution is 0.588. The number of imidazole rings is 1. The molecule has 0 radical (unpaired) electrons. The Bertz CT molecular complexity index is 1070. The first-order chi connectivity index (χ1) is 13.3. The van der Waals surface area contributed by atoms with Crippen LogP contribution in [0.2, 0.25) is 0 Å². The van der Waals surface area contributed by atoms with E-state index >= 15 is 0 Å². The van der Waals surface area contributed by atoms with Crippen LogP contribution in [0, 0.1) is 20.8 Å². The van der Waals surface area contributed by atoms with Crippen LogP contribution in [0.25, 0.3) is 21.7 Å². The molecule has 3 aromatic heterocycles. The lowest BCUT2D eigenvalue weighted by Crippen LogP contribution is -2.04. The first-order valence-corrected chi connectivity index (χ1v) is 10.5. The number of thiophene rings is 1. The summed E-state index contributed by atoms with van der Waals surface area (Å²) >= 11 is 1.76. The van der Waals surface area contributed by atoms with Crippen LogP contribution in [0.1, 0.15) is 63.7 Å². The van der Waals surface area contributed by atoms with Gasteiger partial charge in [-0.1, -0.05) is 19.6 Å². The highest BCUT2D eigenvalue weighted by Crippen LogP contribution is 2.28. The SMILES string of the molecule is C.Cc1ccc(-c2nnc(C)n2C(C)C)s1.Cc1nc2ccccc2n1C(C)C. The average molecular weight is 412 g/mol. The summed E-state index contributed by atoms with van der Waals surface area (Å²) in [5, 5.41) is 8.39. The van der Waals surface area contributed by atoms with Gasteiger partial charge in [-0.2, -0.15) is 0 Å².